The third kappa shape index (κ3) is 6.52. The van der Waals surface area contributed by atoms with E-state index >= 15 is 0 Å². The highest BCUT2D eigenvalue weighted by atomic mass is 35.5. The summed E-state index contributed by atoms with van der Waals surface area (Å²) in [5, 5.41) is 0.769. The quantitative estimate of drug-likeness (QED) is 0.452. The number of amides is 3. The number of piperazine rings is 1. The third-order valence-corrected chi connectivity index (χ3v) is 10.2. The molecule has 2 fully saturated rings. The highest BCUT2D eigenvalue weighted by Crippen LogP contribution is 2.47. The molecule has 226 valence electrons. The number of likely N-dealkylation sites (N-methyl/N-ethyl adjacent to an activating group) is 1. The van der Waals surface area contributed by atoms with E-state index in [1.54, 1.807) is 15.9 Å². The van der Waals surface area contributed by atoms with Gasteiger partial charge in [0, 0.05) is 62.8 Å². The Kier molecular flexibility index (Phi) is 8.77. The third-order valence-electron chi connectivity index (χ3n) is 8.13. The molecular formula is C26H30Cl2F4N4O4S. The molecule has 0 bridgehead atoms. The molecule has 0 radical (unpaired) electrons. The van der Waals surface area contributed by atoms with Crippen molar-refractivity contribution in [3.05, 3.63) is 57.4 Å². The minimum Gasteiger partial charge on any atom is -0.337 e. The first-order valence-corrected chi connectivity index (χ1v) is 15.4. The van der Waals surface area contributed by atoms with Crippen molar-refractivity contribution in [2.45, 2.75) is 25.6 Å². The maximum atomic E-state index is 13.9. The molecule has 41 heavy (non-hydrogen) atoms. The van der Waals surface area contributed by atoms with E-state index in [1.165, 1.54) is 16.3 Å². The van der Waals surface area contributed by atoms with Gasteiger partial charge < -0.3 is 14.7 Å². The maximum absolute atomic E-state index is 13.9. The van der Waals surface area contributed by atoms with E-state index in [-0.39, 0.29) is 50.9 Å². The largest absolute Gasteiger partial charge is 0.419 e. The van der Waals surface area contributed by atoms with E-state index in [1.807, 2.05) is 13.0 Å². The lowest BCUT2D eigenvalue weighted by Gasteiger charge is -2.40. The number of hydrogen-bond donors (Lipinski definition) is 0. The van der Waals surface area contributed by atoms with E-state index in [2.05, 4.69) is 0 Å². The minimum absolute atomic E-state index is 0.0733. The van der Waals surface area contributed by atoms with Gasteiger partial charge in [0.2, 0.25) is 10.0 Å². The molecule has 3 amide bonds. The number of hydrogen-bond acceptors (Lipinski definition) is 4. The lowest BCUT2D eigenvalue weighted by atomic mass is 9.70. The van der Waals surface area contributed by atoms with Crippen LogP contribution in [0.4, 0.5) is 22.4 Å². The number of halogens is 6. The maximum Gasteiger partial charge on any atom is 0.419 e. The van der Waals surface area contributed by atoms with Gasteiger partial charge >= 0.3 is 12.2 Å². The molecule has 8 nitrogen and oxygen atoms in total. The van der Waals surface area contributed by atoms with Gasteiger partial charge in [-0.2, -0.15) is 17.5 Å². The Hall–Kier alpha value is -2.35. The Morgan fingerprint density at radius 2 is 1.71 bits per heavy atom. The molecule has 1 unspecified atom stereocenters. The van der Waals surface area contributed by atoms with Crippen molar-refractivity contribution >= 4 is 45.2 Å². The van der Waals surface area contributed by atoms with Gasteiger partial charge in [0.1, 0.15) is 5.82 Å². The molecule has 15 heteroatoms. The van der Waals surface area contributed by atoms with E-state index in [0.717, 1.165) is 12.3 Å². The summed E-state index contributed by atoms with van der Waals surface area (Å²) >= 11 is 12.6. The normalized spacial score (nSPS) is 26.1. The molecule has 2 heterocycles. The summed E-state index contributed by atoms with van der Waals surface area (Å²) in [5.41, 5.74) is -2.55. The van der Waals surface area contributed by atoms with Crippen LogP contribution in [0.15, 0.2) is 40.4 Å². The van der Waals surface area contributed by atoms with E-state index in [9.17, 15) is 35.6 Å². The molecule has 1 aromatic rings. The van der Waals surface area contributed by atoms with Crippen LogP contribution in [0.5, 0.6) is 0 Å². The van der Waals surface area contributed by atoms with Crippen LogP contribution in [0.25, 0.3) is 0 Å². The van der Waals surface area contributed by atoms with E-state index in [4.69, 9.17) is 23.2 Å². The zero-order chi connectivity index (χ0) is 30.5. The van der Waals surface area contributed by atoms with E-state index in [0.29, 0.717) is 28.6 Å². The van der Waals surface area contributed by atoms with Gasteiger partial charge in [0.05, 0.1) is 22.9 Å². The summed E-state index contributed by atoms with van der Waals surface area (Å²) in [6.07, 6.45) is -0.0543. The molecular weight excluding hydrogens is 611 g/mol. The number of carbonyl (C=O) groups excluding carboxylic acids is 2. The number of urea groups is 1. The fourth-order valence-electron chi connectivity index (χ4n) is 5.71. The van der Waals surface area contributed by atoms with Gasteiger partial charge in [-0.3, -0.25) is 4.79 Å². The van der Waals surface area contributed by atoms with Gasteiger partial charge in [0.25, 0.3) is 5.91 Å². The molecule has 4 rings (SSSR count). The van der Waals surface area contributed by atoms with Crippen molar-refractivity contribution in [1.29, 1.82) is 0 Å². The van der Waals surface area contributed by atoms with Crippen molar-refractivity contribution in [3.63, 3.8) is 0 Å². The predicted octanol–water partition coefficient (Wildman–Crippen LogP) is 4.57. The van der Waals surface area contributed by atoms with Crippen LogP contribution in [0, 0.1) is 17.2 Å². The van der Waals surface area contributed by atoms with Gasteiger partial charge in [-0.1, -0.05) is 36.2 Å². The van der Waals surface area contributed by atoms with Gasteiger partial charge in [-0.25, -0.2) is 17.6 Å². The van der Waals surface area contributed by atoms with Crippen LogP contribution in [-0.4, -0.2) is 98.0 Å². The van der Waals surface area contributed by atoms with E-state index < -0.39 is 50.9 Å². The van der Waals surface area contributed by atoms with Crippen molar-refractivity contribution in [2.75, 3.05) is 52.6 Å². The summed E-state index contributed by atoms with van der Waals surface area (Å²) in [6, 6.07) is 1.12. The van der Waals surface area contributed by atoms with Crippen molar-refractivity contribution in [1.82, 2.24) is 19.0 Å². The summed E-state index contributed by atoms with van der Waals surface area (Å²) < 4.78 is 79.0. The molecule has 2 aliphatic heterocycles. The second kappa shape index (κ2) is 11.4. The first kappa shape index (κ1) is 31.6. The number of benzene rings is 1. The minimum atomic E-state index is -4.98. The number of rotatable bonds is 4. The fraction of sp³-hybridized carbons (Fsp3) is 0.538. The zero-order valence-corrected chi connectivity index (χ0v) is 24.9. The number of allylic oxidation sites excluding steroid dienone is 4. The highest BCUT2D eigenvalue weighted by Gasteiger charge is 2.49. The smallest absolute Gasteiger partial charge is 0.337 e. The second-order valence-electron chi connectivity index (χ2n) is 10.9. The molecule has 1 aliphatic carbocycles. The SMILES string of the molecule is CN(C(=O)c1ccc(F)c(C(F)(F)F)c1)[C@@H]1CN(C(=O)N2CCN(S(C)(=O)=O)CC2)C[C@H]1C1(C)C=CC(Cl)=C(Cl)C1. The number of likely N-dealkylation sites (tertiary alicyclic amines) is 1. The number of carbonyl (C=O) groups is 2. The predicted molar refractivity (Wildman–Crippen MR) is 146 cm³/mol. The Labute approximate surface area is 246 Å². The van der Waals surface area contributed by atoms with Crippen LogP contribution in [-0.2, 0) is 16.2 Å². The summed E-state index contributed by atoms with van der Waals surface area (Å²) in [5.74, 6) is -2.64. The molecule has 3 atom stereocenters. The van der Waals surface area contributed by atoms with Crippen LogP contribution in [0.3, 0.4) is 0 Å². The monoisotopic (exact) mass is 640 g/mol. The molecule has 1 aromatic carbocycles. The fourth-order valence-corrected chi connectivity index (χ4v) is 7.02. The topological polar surface area (TPSA) is 81.2 Å². The lowest BCUT2D eigenvalue weighted by Crippen LogP contribution is -2.53. The number of alkyl halides is 3. The molecule has 2 saturated heterocycles. The first-order valence-electron chi connectivity index (χ1n) is 12.8. The summed E-state index contributed by atoms with van der Waals surface area (Å²) in [7, 11) is -1.96. The van der Waals surface area contributed by atoms with Gasteiger partial charge in [0.15, 0.2) is 0 Å². The average Bonchev–Trinajstić information content (AvgIpc) is 3.35. The Morgan fingerprint density at radius 3 is 2.27 bits per heavy atom. The lowest BCUT2D eigenvalue weighted by molar-refractivity contribution is -0.140. The standard InChI is InChI=1S/C26H30Cl2F4N4O4S/c1-25(7-6-19(27)20(28)13-25)18-14-35(24(38)34-8-10-36(11-9-34)41(3,39)40)15-22(18)33(2)23(37)16-4-5-21(29)17(12-16)26(30,31)32/h4-7,12,18,22H,8-11,13-15H2,1-3H3/t18-,22-,25?/m1/s1. The van der Waals surface area contributed by atoms with Crippen molar-refractivity contribution in [3.8, 4) is 0 Å². The Bertz CT molecular complexity index is 1400. The van der Waals surface area contributed by atoms with Crippen LogP contribution in [0.1, 0.15) is 29.3 Å². The second-order valence-corrected chi connectivity index (χ2v) is 13.7. The number of nitrogens with zero attached hydrogens (tertiary/aromatic N) is 4. The molecule has 0 spiro atoms. The summed E-state index contributed by atoms with van der Waals surface area (Å²) in [6.45, 7) is 2.85. The molecule has 0 saturated carbocycles. The Balaban J connectivity index is 1.61. The molecule has 0 aromatic heterocycles. The molecule has 0 N–H and O–H groups in total. The van der Waals surface area contributed by atoms with Crippen LogP contribution in [0.2, 0.25) is 0 Å². The van der Waals surface area contributed by atoms with Gasteiger partial charge in [-0.15, -0.1) is 0 Å². The Morgan fingerprint density at radius 1 is 1.07 bits per heavy atom. The molecule has 3 aliphatic rings. The first-order chi connectivity index (χ1) is 18.9. The van der Waals surface area contributed by atoms with Crippen molar-refractivity contribution in [2.24, 2.45) is 11.3 Å². The highest BCUT2D eigenvalue weighted by molar-refractivity contribution is 7.88. The number of sulfonamides is 1. The van der Waals surface area contributed by atoms with Crippen molar-refractivity contribution < 1.29 is 35.6 Å². The summed E-state index contributed by atoms with van der Waals surface area (Å²) in [4.78, 5) is 31.4. The zero-order valence-electron chi connectivity index (χ0n) is 22.6. The average molecular weight is 642 g/mol. The van der Waals surface area contributed by atoms with Crippen LogP contribution >= 0.6 is 23.2 Å². The van der Waals surface area contributed by atoms with Gasteiger partial charge in [-0.05, 0) is 36.1 Å². The van der Waals surface area contributed by atoms with Crippen LogP contribution < -0.4 is 0 Å².